The fraction of sp³-hybridized carbons (Fsp3) is 0.0526. The lowest BCUT2D eigenvalue weighted by Crippen LogP contribution is -2.19. The number of pyridine rings is 1. The highest BCUT2D eigenvalue weighted by Crippen LogP contribution is 2.23. The van der Waals surface area contributed by atoms with Crippen LogP contribution in [-0.2, 0) is 6.54 Å². The molecule has 0 aliphatic heterocycles. The standard InChI is InChI=1S/C19H13N3O3/c20-11-16-3-1-2-4-18(16)15-7-5-14(6-8-15)12-21-13-17(22(24)25)9-10-19(21)23/h1-10,13H,12H2. The lowest BCUT2D eigenvalue weighted by Gasteiger charge is -2.08. The smallest absolute Gasteiger partial charge is 0.285 e. The molecule has 0 amide bonds. The van der Waals surface area contributed by atoms with Crippen molar-refractivity contribution in [3.63, 3.8) is 0 Å². The molecule has 0 N–H and O–H groups in total. The summed E-state index contributed by atoms with van der Waals surface area (Å²) in [7, 11) is 0. The Hall–Kier alpha value is -3.72. The van der Waals surface area contributed by atoms with Gasteiger partial charge in [0.25, 0.3) is 11.2 Å². The Morgan fingerprint density at radius 2 is 1.76 bits per heavy atom. The van der Waals surface area contributed by atoms with Gasteiger partial charge in [-0.15, -0.1) is 0 Å². The molecule has 0 fully saturated rings. The van der Waals surface area contributed by atoms with Gasteiger partial charge < -0.3 is 4.57 Å². The molecule has 3 rings (SSSR count). The monoisotopic (exact) mass is 331 g/mol. The highest BCUT2D eigenvalue weighted by Gasteiger charge is 2.09. The summed E-state index contributed by atoms with van der Waals surface area (Å²) >= 11 is 0. The topological polar surface area (TPSA) is 88.9 Å². The van der Waals surface area contributed by atoms with E-state index < -0.39 is 4.92 Å². The fourth-order valence-electron chi connectivity index (χ4n) is 2.57. The first-order valence-corrected chi connectivity index (χ1v) is 7.52. The van der Waals surface area contributed by atoms with E-state index in [1.165, 1.54) is 22.9 Å². The maximum atomic E-state index is 11.9. The maximum Gasteiger partial charge on any atom is 0.285 e. The van der Waals surface area contributed by atoms with Crippen LogP contribution in [0.2, 0.25) is 0 Å². The molecule has 25 heavy (non-hydrogen) atoms. The van der Waals surface area contributed by atoms with Gasteiger partial charge in [0.05, 0.1) is 29.3 Å². The predicted molar refractivity (Wildman–Crippen MR) is 93.1 cm³/mol. The highest BCUT2D eigenvalue weighted by atomic mass is 16.6. The Balaban J connectivity index is 1.89. The Morgan fingerprint density at radius 1 is 1.04 bits per heavy atom. The van der Waals surface area contributed by atoms with Crippen molar-refractivity contribution in [3.05, 3.63) is 98.5 Å². The second-order valence-electron chi connectivity index (χ2n) is 5.46. The summed E-state index contributed by atoms with van der Waals surface area (Å²) in [5.41, 5.74) is 2.73. The van der Waals surface area contributed by atoms with Crippen LogP contribution in [-0.4, -0.2) is 9.49 Å². The van der Waals surface area contributed by atoms with Crippen molar-refractivity contribution in [2.45, 2.75) is 6.54 Å². The Morgan fingerprint density at radius 3 is 2.44 bits per heavy atom. The molecule has 0 aliphatic rings. The van der Waals surface area contributed by atoms with Gasteiger partial charge in [-0.25, -0.2) is 0 Å². The SMILES string of the molecule is N#Cc1ccccc1-c1ccc(Cn2cc([N+](=O)[O-])ccc2=O)cc1. The molecular formula is C19H13N3O3. The molecule has 6 nitrogen and oxygen atoms in total. The third-order valence-electron chi connectivity index (χ3n) is 3.84. The highest BCUT2D eigenvalue weighted by molar-refractivity contribution is 5.70. The molecule has 0 bridgehead atoms. The molecule has 122 valence electrons. The average molecular weight is 331 g/mol. The zero-order chi connectivity index (χ0) is 17.8. The Kier molecular flexibility index (Phi) is 4.40. The van der Waals surface area contributed by atoms with E-state index in [2.05, 4.69) is 6.07 Å². The minimum Gasteiger partial charge on any atom is -0.304 e. The maximum absolute atomic E-state index is 11.9. The molecule has 0 saturated heterocycles. The summed E-state index contributed by atoms with van der Waals surface area (Å²) in [6, 6.07) is 19.3. The van der Waals surface area contributed by atoms with Crippen molar-refractivity contribution < 1.29 is 4.92 Å². The lowest BCUT2D eigenvalue weighted by atomic mass is 9.99. The molecule has 3 aromatic rings. The number of aromatic nitrogens is 1. The summed E-state index contributed by atoms with van der Waals surface area (Å²) < 4.78 is 1.30. The van der Waals surface area contributed by atoms with E-state index in [9.17, 15) is 20.2 Å². The first-order chi connectivity index (χ1) is 12.1. The number of rotatable bonds is 4. The number of nitriles is 1. The fourth-order valence-corrected chi connectivity index (χ4v) is 2.57. The van der Waals surface area contributed by atoms with Gasteiger partial charge in [0.2, 0.25) is 0 Å². The van der Waals surface area contributed by atoms with Gasteiger partial charge in [0, 0.05) is 12.1 Å². The minimum atomic E-state index is -0.530. The average Bonchev–Trinajstić information content (AvgIpc) is 2.64. The molecule has 2 aromatic carbocycles. The van der Waals surface area contributed by atoms with Gasteiger partial charge in [-0.2, -0.15) is 5.26 Å². The summed E-state index contributed by atoms with van der Waals surface area (Å²) in [5, 5.41) is 20.0. The number of hydrogen-bond acceptors (Lipinski definition) is 4. The first-order valence-electron chi connectivity index (χ1n) is 7.52. The van der Waals surface area contributed by atoms with Gasteiger partial charge in [-0.3, -0.25) is 14.9 Å². The number of hydrogen-bond donors (Lipinski definition) is 0. The van der Waals surface area contributed by atoms with Crippen molar-refractivity contribution in [2.24, 2.45) is 0 Å². The summed E-state index contributed by atoms with van der Waals surface area (Å²) in [6.45, 7) is 0.237. The van der Waals surface area contributed by atoms with Crippen LogP contribution in [0.15, 0.2) is 71.7 Å². The van der Waals surface area contributed by atoms with E-state index in [0.717, 1.165) is 16.7 Å². The van der Waals surface area contributed by atoms with Gasteiger partial charge in [-0.1, -0.05) is 42.5 Å². The molecule has 1 heterocycles. The summed E-state index contributed by atoms with van der Waals surface area (Å²) in [6.07, 6.45) is 1.24. The molecule has 0 saturated carbocycles. The molecule has 6 heteroatoms. The molecule has 0 radical (unpaired) electrons. The van der Waals surface area contributed by atoms with E-state index in [4.69, 9.17) is 0 Å². The van der Waals surface area contributed by atoms with Crippen LogP contribution < -0.4 is 5.56 Å². The predicted octanol–water partition coefficient (Wildman–Crippen LogP) is 3.34. The lowest BCUT2D eigenvalue weighted by molar-refractivity contribution is -0.385. The van der Waals surface area contributed by atoms with E-state index in [0.29, 0.717) is 5.56 Å². The largest absolute Gasteiger partial charge is 0.304 e. The zero-order valence-corrected chi connectivity index (χ0v) is 13.1. The zero-order valence-electron chi connectivity index (χ0n) is 13.1. The molecule has 0 atom stereocenters. The van der Waals surface area contributed by atoms with Crippen LogP contribution in [0, 0.1) is 21.4 Å². The van der Waals surface area contributed by atoms with Crippen LogP contribution in [0.3, 0.4) is 0 Å². The van der Waals surface area contributed by atoms with Crippen LogP contribution in [0.25, 0.3) is 11.1 Å². The molecular weight excluding hydrogens is 318 g/mol. The van der Waals surface area contributed by atoms with E-state index in [1.54, 1.807) is 6.07 Å². The molecule has 0 spiro atoms. The van der Waals surface area contributed by atoms with Crippen LogP contribution in [0.1, 0.15) is 11.1 Å². The summed E-state index contributed by atoms with van der Waals surface area (Å²) in [5.74, 6) is 0. The van der Waals surface area contributed by atoms with E-state index in [-0.39, 0.29) is 17.8 Å². The van der Waals surface area contributed by atoms with Crippen LogP contribution in [0.5, 0.6) is 0 Å². The van der Waals surface area contributed by atoms with Gasteiger partial charge >= 0.3 is 0 Å². The Labute approximate surface area is 143 Å². The second kappa shape index (κ2) is 6.81. The third-order valence-corrected chi connectivity index (χ3v) is 3.84. The van der Waals surface area contributed by atoms with E-state index >= 15 is 0 Å². The molecule has 0 aliphatic carbocycles. The van der Waals surface area contributed by atoms with Crippen molar-refractivity contribution in [1.29, 1.82) is 5.26 Å². The number of nitrogens with zero attached hydrogens (tertiary/aromatic N) is 3. The summed E-state index contributed by atoms with van der Waals surface area (Å²) in [4.78, 5) is 22.2. The minimum absolute atomic E-state index is 0.126. The van der Waals surface area contributed by atoms with Crippen LogP contribution >= 0.6 is 0 Å². The third kappa shape index (κ3) is 3.46. The van der Waals surface area contributed by atoms with E-state index in [1.807, 2.05) is 42.5 Å². The van der Waals surface area contributed by atoms with Crippen LogP contribution in [0.4, 0.5) is 5.69 Å². The normalized spacial score (nSPS) is 10.2. The second-order valence-corrected chi connectivity index (χ2v) is 5.46. The van der Waals surface area contributed by atoms with Crippen molar-refractivity contribution in [2.75, 3.05) is 0 Å². The van der Waals surface area contributed by atoms with Crippen molar-refractivity contribution in [3.8, 4) is 17.2 Å². The van der Waals surface area contributed by atoms with Gasteiger partial charge in [0.1, 0.15) is 0 Å². The molecule has 0 unspecified atom stereocenters. The number of benzene rings is 2. The molecule has 1 aromatic heterocycles. The quantitative estimate of drug-likeness (QED) is 0.542. The van der Waals surface area contributed by atoms with Gasteiger partial charge in [0.15, 0.2) is 0 Å². The van der Waals surface area contributed by atoms with Crippen molar-refractivity contribution >= 4 is 5.69 Å². The van der Waals surface area contributed by atoms with Gasteiger partial charge in [-0.05, 0) is 22.8 Å². The first kappa shape index (κ1) is 16.1. The Bertz CT molecular complexity index is 1030. The van der Waals surface area contributed by atoms with Crippen molar-refractivity contribution in [1.82, 2.24) is 4.57 Å². The number of nitro groups is 1.